The van der Waals surface area contributed by atoms with Gasteiger partial charge in [-0.25, -0.2) is 4.39 Å². The molecule has 4 nitrogen and oxygen atoms in total. The zero-order valence-electron chi connectivity index (χ0n) is 12.8. The number of hydrogen-bond acceptors (Lipinski definition) is 3. The fraction of sp³-hybridized carbons (Fsp3) is 0.235. The third kappa shape index (κ3) is 3.97. The molecule has 1 aromatic carbocycles. The van der Waals surface area contributed by atoms with Crippen LogP contribution in [0.25, 0.3) is 6.08 Å². The Labute approximate surface area is 128 Å². The molecule has 2 aromatic rings. The fourth-order valence-electron chi connectivity index (χ4n) is 1.98. The molecule has 0 aliphatic heterocycles. The van der Waals surface area contributed by atoms with Crippen LogP contribution >= 0.6 is 0 Å². The van der Waals surface area contributed by atoms with E-state index < -0.39 is 5.82 Å². The zero-order chi connectivity index (χ0) is 16.1. The molecule has 0 aliphatic carbocycles. The molecule has 2 rings (SSSR count). The second kappa shape index (κ2) is 6.93. The first-order valence-electron chi connectivity index (χ1n) is 6.81. The summed E-state index contributed by atoms with van der Waals surface area (Å²) in [6.07, 6.45) is 3.04. The Balaban J connectivity index is 1.99. The van der Waals surface area contributed by atoms with Crippen molar-refractivity contribution in [3.63, 3.8) is 0 Å². The van der Waals surface area contributed by atoms with Gasteiger partial charge in [-0.05, 0) is 42.8 Å². The van der Waals surface area contributed by atoms with E-state index in [2.05, 4.69) is 0 Å². The number of benzene rings is 1. The average molecular weight is 303 g/mol. The minimum atomic E-state index is -0.442. The number of methoxy groups -OCH3 is 1. The van der Waals surface area contributed by atoms with Gasteiger partial charge in [-0.2, -0.15) is 0 Å². The molecule has 0 fully saturated rings. The van der Waals surface area contributed by atoms with E-state index in [0.717, 1.165) is 5.76 Å². The Bertz CT molecular complexity index is 691. The number of amides is 1. The molecule has 116 valence electrons. The SMILES string of the molecule is COc1ccc(CN(C)C(=O)/C=C/c2ccc(C)o2)cc1F. The molecule has 0 unspecified atom stereocenters. The van der Waals surface area contributed by atoms with Crippen molar-refractivity contribution in [3.8, 4) is 5.75 Å². The molecule has 0 radical (unpaired) electrons. The molecule has 0 saturated carbocycles. The van der Waals surface area contributed by atoms with E-state index in [1.807, 2.05) is 13.0 Å². The second-order valence-corrected chi connectivity index (χ2v) is 4.94. The Morgan fingerprint density at radius 3 is 2.73 bits per heavy atom. The minimum absolute atomic E-state index is 0.186. The molecule has 0 N–H and O–H groups in total. The number of ether oxygens (including phenoxy) is 1. The zero-order valence-corrected chi connectivity index (χ0v) is 12.8. The van der Waals surface area contributed by atoms with Crippen LogP contribution in [0.2, 0.25) is 0 Å². The van der Waals surface area contributed by atoms with Crippen molar-refractivity contribution in [1.29, 1.82) is 0 Å². The maximum Gasteiger partial charge on any atom is 0.246 e. The maximum absolute atomic E-state index is 13.6. The summed E-state index contributed by atoms with van der Waals surface area (Å²) in [5.41, 5.74) is 0.691. The van der Waals surface area contributed by atoms with Crippen LogP contribution in [0, 0.1) is 12.7 Å². The van der Waals surface area contributed by atoms with Crippen molar-refractivity contribution in [2.24, 2.45) is 0 Å². The van der Waals surface area contributed by atoms with Gasteiger partial charge in [-0.15, -0.1) is 0 Å². The van der Waals surface area contributed by atoms with Gasteiger partial charge in [0.05, 0.1) is 7.11 Å². The smallest absolute Gasteiger partial charge is 0.246 e. The highest BCUT2D eigenvalue weighted by Crippen LogP contribution is 2.18. The van der Waals surface area contributed by atoms with Gasteiger partial charge in [0.1, 0.15) is 11.5 Å². The molecule has 0 bridgehead atoms. The highest BCUT2D eigenvalue weighted by atomic mass is 19.1. The summed E-state index contributed by atoms with van der Waals surface area (Å²) in [7, 11) is 3.07. The highest BCUT2D eigenvalue weighted by molar-refractivity contribution is 5.91. The van der Waals surface area contributed by atoms with Crippen molar-refractivity contribution < 1.29 is 18.3 Å². The lowest BCUT2D eigenvalue weighted by molar-refractivity contribution is -0.125. The monoisotopic (exact) mass is 303 g/mol. The number of nitrogens with zero attached hydrogens (tertiary/aromatic N) is 1. The number of carbonyl (C=O) groups is 1. The van der Waals surface area contributed by atoms with Crippen LogP contribution in [0.3, 0.4) is 0 Å². The molecule has 5 heteroatoms. The molecule has 0 atom stereocenters. The Kier molecular flexibility index (Phi) is 4.99. The first kappa shape index (κ1) is 15.8. The predicted octanol–water partition coefficient (Wildman–Crippen LogP) is 3.41. The molecule has 0 spiro atoms. The van der Waals surface area contributed by atoms with E-state index in [1.165, 1.54) is 24.2 Å². The van der Waals surface area contributed by atoms with Gasteiger partial charge in [0.25, 0.3) is 0 Å². The molecule has 0 saturated heterocycles. The van der Waals surface area contributed by atoms with Gasteiger partial charge in [0, 0.05) is 19.7 Å². The number of aryl methyl sites for hydroxylation is 1. The van der Waals surface area contributed by atoms with Gasteiger partial charge in [-0.1, -0.05) is 6.07 Å². The van der Waals surface area contributed by atoms with Crippen molar-refractivity contribution in [2.45, 2.75) is 13.5 Å². The van der Waals surface area contributed by atoms with Crippen LogP contribution in [-0.2, 0) is 11.3 Å². The number of hydrogen-bond donors (Lipinski definition) is 0. The predicted molar refractivity (Wildman–Crippen MR) is 81.9 cm³/mol. The van der Waals surface area contributed by atoms with Crippen molar-refractivity contribution in [2.75, 3.05) is 14.2 Å². The summed E-state index contributed by atoms with van der Waals surface area (Å²) in [6, 6.07) is 8.25. The molecule has 1 heterocycles. The topological polar surface area (TPSA) is 42.7 Å². The number of furan rings is 1. The van der Waals surface area contributed by atoms with E-state index in [-0.39, 0.29) is 11.7 Å². The summed E-state index contributed by atoms with van der Waals surface area (Å²) in [4.78, 5) is 13.5. The van der Waals surface area contributed by atoms with Crippen LogP contribution in [0.15, 0.2) is 40.8 Å². The Morgan fingerprint density at radius 2 is 2.14 bits per heavy atom. The van der Waals surface area contributed by atoms with Crippen molar-refractivity contribution in [3.05, 3.63) is 59.3 Å². The summed E-state index contributed by atoms with van der Waals surface area (Å²) >= 11 is 0. The lowest BCUT2D eigenvalue weighted by atomic mass is 10.2. The molecular weight excluding hydrogens is 285 g/mol. The van der Waals surface area contributed by atoms with Crippen LogP contribution in [0.4, 0.5) is 4.39 Å². The molecular formula is C17H18FNO3. The van der Waals surface area contributed by atoms with Gasteiger partial charge < -0.3 is 14.1 Å². The first-order valence-corrected chi connectivity index (χ1v) is 6.81. The van der Waals surface area contributed by atoms with Gasteiger partial charge >= 0.3 is 0 Å². The van der Waals surface area contributed by atoms with Gasteiger partial charge in [0.15, 0.2) is 11.6 Å². The van der Waals surface area contributed by atoms with Crippen LogP contribution in [0.1, 0.15) is 17.1 Å². The number of carbonyl (C=O) groups excluding carboxylic acids is 1. The second-order valence-electron chi connectivity index (χ2n) is 4.94. The summed E-state index contributed by atoms with van der Waals surface area (Å²) in [5.74, 6) is 0.961. The molecule has 0 aliphatic rings. The van der Waals surface area contributed by atoms with E-state index in [4.69, 9.17) is 9.15 Å². The molecule has 22 heavy (non-hydrogen) atoms. The molecule has 1 amide bonds. The average Bonchev–Trinajstić information content (AvgIpc) is 2.90. The third-order valence-corrected chi connectivity index (χ3v) is 3.16. The van der Waals surface area contributed by atoms with E-state index in [0.29, 0.717) is 17.9 Å². The third-order valence-electron chi connectivity index (χ3n) is 3.16. The Morgan fingerprint density at radius 1 is 1.36 bits per heavy atom. The lowest BCUT2D eigenvalue weighted by Crippen LogP contribution is -2.24. The summed E-state index contributed by atoms with van der Waals surface area (Å²) < 4.78 is 23.8. The minimum Gasteiger partial charge on any atom is -0.494 e. The number of rotatable bonds is 5. The van der Waals surface area contributed by atoms with Crippen LogP contribution < -0.4 is 4.74 Å². The Hall–Kier alpha value is -2.56. The van der Waals surface area contributed by atoms with Crippen LogP contribution in [-0.4, -0.2) is 25.0 Å². The van der Waals surface area contributed by atoms with Crippen LogP contribution in [0.5, 0.6) is 5.75 Å². The maximum atomic E-state index is 13.6. The largest absolute Gasteiger partial charge is 0.494 e. The normalized spacial score (nSPS) is 10.9. The standard InChI is InChI=1S/C17H18FNO3/c1-12-4-6-14(22-12)7-9-17(20)19(2)11-13-5-8-16(21-3)15(18)10-13/h4-10H,11H2,1-3H3/b9-7+. The number of halogens is 1. The molecule has 1 aromatic heterocycles. The summed E-state index contributed by atoms with van der Waals surface area (Å²) in [5, 5.41) is 0. The first-order chi connectivity index (χ1) is 10.5. The van der Waals surface area contributed by atoms with E-state index in [9.17, 15) is 9.18 Å². The van der Waals surface area contributed by atoms with E-state index >= 15 is 0 Å². The quantitative estimate of drug-likeness (QED) is 0.795. The lowest BCUT2D eigenvalue weighted by Gasteiger charge is -2.15. The summed E-state index contributed by atoms with van der Waals surface area (Å²) in [6.45, 7) is 2.14. The van der Waals surface area contributed by atoms with Gasteiger partial charge in [-0.3, -0.25) is 4.79 Å². The van der Waals surface area contributed by atoms with E-state index in [1.54, 1.807) is 31.3 Å². The van der Waals surface area contributed by atoms with Crippen molar-refractivity contribution in [1.82, 2.24) is 4.90 Å². The number of likely N-dealkylation sites (N-methyl/N-ethyl adjacent to an activating group) is 1. The fourth-order valence-corrected chi connectivity index (χ4v) is 1.98. The van der Waals surface area contributed by atoms with Gasteiger partial charge in [0.2, 0.25) is 5.91 Å². The highest BCUT2D eigenvalue weighted by Gasteiger charge is 2.09. The van der Waals surface area contributed by atoms with Crippen molar-refractivity contribution >= 4 is 12.0 Å².